The van der Waals surface area contributed by atoms with Crippen LogP contribution < -0.4 is 14.0 Å². The maximum atomic E-state index is 11.0. The molecule has 0 aliphatic heterocycles. The standard InChI is InChI=1S/C23H16N2O3.ClHO4/c26-23-18(8-5-11-22(23)25(27)28)13-12-16-6-1-3-9-19(16)21-15-14-17-7-2-4-10-20(17)24-21;2-1(3,4)5/h1-15,26H;(H,2,3,4,5)/b13-12+;. The number of phenolic OH excluding ortho intramolecular Hbond substituents is 1. The van der Waals surface area contributed by atoms with Crippen molar-refractivity contribution in [3.63, 3.8) is 0 Å². The van der Waals surface area contributed by atoms with Crippen LogP contribution in [0.25, 0.3) is 34.3 Å². The number of hydrogen-bond donors (Lipinski definition) is 2. The summed E-state index contributed by atoms with van der Waals surface area (Å²) < 4.78 is 32.7. The number of nitro benzene ring substituents is 1. The van der Waals surface area contributed by atoms with E-state index in [0.717, 1.165) is 27.7 Å². The Balaban J connectivity index is 0.000000555. The summed E-state index contributed by atoms with van der Waals surface area (Å²) in [6.45, 7) is 0. The SMILES string of the molecule is O=[N+]([O-])c1cccc(/C=C/c2ccccc2-c2ccc3ccccc3n2)c1O.[O-][Cl+3]([O-])([O-])O. The number of fused-ring (bicyclic) bond motifs is 1. The fraction of sp³-hybridized carbons (Fsp3) is 0. The van der Waals surface area contributed by atoms with E-state index in [9.17, 15) is 15.2 Å². The van der Waals surface area contributed by atoms with Gasteiger partial charge in [0.05, 0.1) is 31.0 Å². The van der Waals surface area contributed by atoms with Crippen molar-refractivity contribution in [2.45, 2.75) is 0 Å². The van der Waals surface area contributed by atoms with Crippen LogP contribution >= 0.6 is 0 Å². The van der Waals surface area contributed by atoms with Gasteiger partial charge in [-0.05, 0) is 17.7 Å². The molecular formula is C23H17ClN2O7. The molecule has 0 aliphatic carbocycles. The van der Waals surface area contributed by atoms with Gasteiger partial charge in [-0.25, -0.2) is 4.98 Å². The predicted octanol–water partition coefficient (Wildman–Crippen LogP) is 1.56. The lowest BCUT2D eigenvalue weighted by Crippen LogP contribution is -2.58. The van der Waals surface area contributed by atoms with Gasteiger partial charge in [-0.15, -0.1) is 0 Å². The van der Waals surface area contributed by atoms with Gasteiger partial charge in [-0.2, -0.15) is 14.0 Å². The van der Waals surface area contributed by atoms with Crippen molar-refractivity contribution in [1.29, 1.82) is 0 Å². The Hall–Kier alpha value is -3.86. The molecule has 0 bridgehead atoms. The summed E-state index contributed by atoms with van der Waals surface area (Å²) in [7, 11) is -4.69. The number of hydrogen-bond acceptors (Lipinski definition) is 8. The molecule has 0 radical (unpaired) electrons. The molecule has 1 aromatic heterocycles. The van der Waals surface area contributed by atoms with E-state index in [2.05, 4.69) is 0 Å². The van der Waals surface area contributed by atoms with Crippen molar-refractivity contribution < 1.29 is 38.9 Å². The number of halogens is 1. The number of rotatable bonds is 4. The van der Waals surface area contributed by atoms with Crippen LogP contribution in [0.3, 0.4) is 0 Å². The summed E-state index contributed by atoms with van der Waals surface area (Å²) >= 11 is 0. The second-order valence-electron chi connectivity index (χ2n) is 6.68. The zero-order chi connectivity index (χ0) is 24.0. The van der Waals surface area contributed by atoms with E-state index < -0.39 is 15.2 Å². The van der Waals surface area contributed by atoms with E-state index in [4.69, 9.17) is 23.6 Å². The Kier molecular flexibility index (Phi) is 7.34. The molecular weight excluding hydrogens is 452 g/mol. The molecule has 0 aliphatic rings. The fourth-order valence-electron chi connectivity index (χ4n) is 3.10. The third-order valence-corrected chi connectivity index (χ3v) is 4.52. The van der Waals surface area contributed by atoms with Crippen LogP contribution in [0.15, 0.2) is 78.9 Å². The molecule has 0 fully saturated rings. The Morgan fingerprint density at radius 3 is 2.15 bits per heavy atom. The van der Waals surface area contributed by atoms with Gasteiger partial charge in [0.1, 0.15) is 0 Å². The van der Waals surface area contributed by atoms with Gasteiger partial charge in [-0.1, -0.05) is 72.8 Å². The van der Waals surface area contributed by atoms with Gasteiger partial charge in [0.25, 0.3) is 0 Å². The minimum absolute atomic E-state index is 0.313. The first-order chi connectivity index (χ1) is 15.6. The topological polar surface area (TPSA) is 166 Å². The minimum Gasteiger partial charge on any atom is -0.502 e. The third-order valence-electron chi connectivity index (χ3n) is 4.52. The van der Waals surface area contributed by atoms with Crippen LogP contribution in [0.2, 0.25) is 0 Å². The van der Waals surface area contributed by atoms with Crippen molar-refractivity contribution >= 4 is 28.7 Å². The van der Waals surface area contributed by atoms with Gasteiger partial charge in [-0.3, -0.25) is 10.1 Å². The second kappa shape index (κ2) is 10.2. The van der Waals surface area contributed by atoms with E-state index in [1.165, 1.54) is 6.07 Å². The van der Waals surface area contributed by atoms with Gasteiger partial charge >= 0.3 is 5.69 Å². The zero-order valence-corrected chi connectivity index (χ0v) is 17.6. The molecule has 2 N–H and O–H groups in total. The van der Waals surface area contributed by atoms with Gasteiger partial charge in [0, 0.05) is 22.6 Å². The number of nitrogens with zero attached hydrogens (tertiary/aromatic N) is 2. The molecule has 168 valence electrons. The van der Waals surface area contributed by atoms with E-state index in [1.54, 1.807) is 18.2 Å². The van der Waals surface area contributed by atoms with Gasteiger partial charge in [0.2, 0.25) is 5.75 Å². The number of aromatic hydroxyl groups is 1. The lowest BCUT2D eigenvalue weighted by Gasteiger charge is -2.07. The average molecular weight is 469 g/mol. The summed E-state index contributed by atoms with van der Waals surface area (Å²) in [5.74, 6) is -0.343. The van der Waals surface area contributed by atoms with Crippen LogP contribution in [0.4, 0.5) is 5.69 Å². The highest BCUT2D eigenvalue weighted by Gasteiger charge is 2.14. The van der Waals surface area contributed by atoms with Crippen LogP contribution in [-0.2, 0) is 0 Å². The lowest BCUT2D eigenvalue weighted by molar-refractivity contribution is -1.92. The van der Waals surface area contributed by atoms with Crippen LogP contribution in [0.1, 0.15) is 11.1 Å². The normalized spacial score (nSPS) is 11.3. The van der Waals surface area contributed by atoms with E-state index in [1.807, 2.05) is 66.7 Å². The molecule has 3 aromatic carbocycles. The molecule has 0 amide bonds. The van der Waals surface area contributed by atoms with Crippen molar-refractivity contribution in [3.05, 3.63) is 100 Å². The number of para-hydroxylation sites is 2. The fourth-order valence-corrected chi connectivity index (χ4v) is 3.10. The van der Waals surface area contributed by atoms with Crippen LogP contribution in [0.5, 0.6) is 5.75 Å². The highest BCUT2D eigenvalue weighted by Crippen LogP contribution is 2.31. The van der Waals surface area contributed by atoms with E-state index in [-0.39, 0.29) is 11.4 Å². The summed E-state index contributed by atoms with van der Waals surface area (Å²) in [4.78, 5) is 15.2. The molecule has 33 heavy (non-hydrogen) atoms. The molecule has 0 unspecified atom stereocenters. The lowest BCUT2D eigenvalue weighted by atomic mass is 10.0. The molecule has 4 rings (SSSR count). The Bertz CT molecular complexity index is 1310. The molecule has 1 heterocycles. The number of nitro groups is 1. The summed E-state index contributed by atoms with van der Waals surface area (Å²) in [5, 5.41) is 22.2. The van der Waals surface area contributed by atoms with Crippen molar-refractivity contribution in [1.82, 2.24) is 4.98 Å². The van der Waals surface area contributed by atoms with Gasteiger partial charge in [0.15, 0.2) is 0 Å². The van der Waals surface area contributed by atoms with Crippen LogP contribution in [-0.4, -0.2) is 19.7 Å². The van der Waals surface area contributed by atoms with E-state index >= 15 is 0 Å². The highest BCUT2D eigenvalue weighted by molar-refractivity contribution is 5.85. The summed E-state index contributed by atoms with van der Waals surface area (Å²) in [6, 6.07) is 24.2. The average Bonchev–Trinajstić information content (AvgIpc) is 2.77. The first-order valence-corrected chi connectivity index (χ1v) is 10.6. The molecule has 0 atom stereocenters. The number of phenols is 1. The third kappa shape index (κ3) is 6.56. The first-order valence-electron chi connectivity index (χ1n) is 9.36. The smallest absolute Gasteiger partial charge is 0.311 e. The van der Waals surface area contributed by atoms with Gasteiger partial charge < -0.3 is 5.11 Å². The molecule has 9 nitrogen and oxygen atoms in total. The van der Waals surface area contributed by atoms with Crippen molar-refractivity contribution in [3.8, 4) is 17.0 Å². The maximum Gasteiger partial charge on any atom is 0.311 e. The molecule has 0 saturated carbocycles. The number of pyridine rings is 1. The quantitative estimate of drug-likeness (QED) is 0.258. The van der Waals surface area contributed by atoms with E-state index in [0.29, 0.717) is 5.56 Å². The number of benzene rings is 3. The van der Waals surface area contributed by atoms with Crippen molar-refractivity contribution in [2.24, 2.45) is 0 Å². The largest absolute Gasteiger partial charge is 0.502 e. The monoisotopic (exact) mass is 468 g/mol. The second-order valence-corrected chi connectivity index (χ2v) is 7.47. The Morgan fingerprint density at radius 2 is 1.42 bits per heavy atom. The Labute approximate surface area is 190 Å². The minimum atomic E-state index is -4.69. The molecule has 0 spiro atoms. The zero-order valence-electron chi connectivity index (χ0n) is 16.9. The molecule has 4 aromatic rings. The number of aromatic nitrogens is 1. The predicted molar refractivity (Wildman–Crippen MR) is 113 cm³/mol. The van der Waals surface area contributed by atoms with Crippen LogP contribution in [0, 0.1) is 20.4 Å². The summed E-state index contributed by atoms with van der Waals surface area (Å²) in [5.41, 5.74) is 3.66. The first kappa shape index (κ1) is 23.8. The maximum absolute atomic E-state index is 11.0. The molecule has 10 heteroatoms. The Morgan fingerprint density at radius 1 is 0.818 bits per heavy atom. The molecule has 0 saturated heterocycles. The van der Waals surface area contributed by atoms with Crippen molar-refractivity contribution in [2.75, 3.05) is 0 Å². The summed E-state index contributed by atoms with van der Waals surface area (Å²) in [6.07, 6.45) is 3.49. The highest BCUT2D eigenvalue weighted by atomic mass is 35.7.